The zero-order valence-corrected chi connectivity index (χ0v) is 17.9. The van der Waals surface area contributed by atoms with E-state index in [0.717, 1.165) is 39.6 Å². The number of anilines is 1. The van der Waals surface area contributed by atoms with E-state index in [2.05, 4.69) is 19.1 Å². The number of amides is 1. The van der Waals surface area contributed by atoms with Crippen molar-refractivity contribution in [2.75, 3.05) is 39.2 Å². The third kappa shape index (κ3) is 4.04. The lowest BCUT2D eigenvalue weighted by molar-refractivity contribution is -0.126. The summed E-state index contributed by atoms with van der Waals surface area (Å²) in [6, 6.07) is 11.7. The molecule has 1 amide bonds. The summed E-state index contributed by atoms with van der Waals surface area (Å²) in [5.41, 5.74) is 4.05. The minimum atomic E-state index is -1.12. The lowest BCUT2D eigenvalue weighted by atomic mass is 10.0. The van der Waals surface area contributed by atoms with Crippen LogP contribution in [0.1, 0.15) is 21.9 Å². The second-order valence-electron chi connectivity index (χ2n) is 7.40. The number of hydrogen-bond donors (Lipinski definition) is 1. The number of thioether (sulfide) groups is 1. The fourth-order valence-electron chi connectivity index (χ4n) is 3.37. The Bertz CT molecular complexity index is 852. The summed E-state index contributed by atoms with van der Waals surface area (Å²) in [5.74, 6) is 0.505. The largest absolute Gasteiger partial charge is 0.497 e. The van der Waals surface area contributed by atoms with Crippen molar-refractivity contribution in [3.8, 4) is 5.75 Å². The molecule has 0 spiro atoms. The van der Waals surface area contributed by atoms with Gasteiger partial charge in [-0.15, -0.1) is 11.8 Å². The van der Waals surface area contributed by atoms with Crippen LogP contribution < -0.4 is 9.64 Å². The third-order valence-electron chi connectivity index (χ3n) is 5.21. The van der Waals surface area contributed by atoms with Gasteiger partial charge in [-0.05, 0) is 62.8 Å². The van der Waals surface area contributed by atoms with Gasteiger partial charge in [0.2, 0.25) is 0 Å². The van der Waals surface area contributed by atoms with Gasteiger partial charge in [0.15, 0.2) is 0 Å². The maximum Gasteiger partial charge on any atom is 0.257 e. The van der Waals surface area contributed by atoms with Crippen LogP contribution in [0.5, 0.6) is 5.75 Å². The van der Waals surface area contributed by atoms with Crippen molar-refractivity contribution < 1.29 is 14.6 Å². The number of rotatable bonds is 5. The predicted molar refractivity (Wildman–Crippen MR) is 114 cm³/mol. The Labute approximate surface area is 171 Å². The van der Waals surface area contributed by atoms with Crippen molar-refractivity contribution in [2.45, 2.75) is 30.1 Å². The monoisotopic (exact) mass is 400 g/mol. The molecule has 1 N–H and O–H groups in total. The number of aliphatic hydroxyl groups is 1. The van der Waals surface area contributed by atoms with Crippen LogP contribution in [0.2, 0.25) is 0 Å². The second-order valence-corrected chi connectivity index (χ2v) is 8.59. The van der Waals surface area contributed by atoms with Crippen LogP contribution in [0, 0.1) is 13.8 Å². The lowest BCUT2D eigenvalue weighted by Crippen LogP contribution is -2.43. The fourth-order valence-corrected chi connectivity index (χ4v) is 4.71. The maximum absolute atomic E-state index is 13.3. The van der Waals surface area contributed by atoms with Crippen molar-refractivity contribution >= 4 is 23.4 Å². The first-order valence-corrected chi connectivity index (χ1v) is 10.3. The molecule has 28 heavy (non-hydrogen) atoms. The van der Waals surface area contributed by atoms with Gasteiger partial charge < -0.3 is 19.6 Å². The highest BCUT2D eigenvalue weighted by Crippen LogP contribution is 2.47. The number of methoxy groups -OCH3 is 1. The summed E-state index contributed by atoms with van der Waals surface area (Å²) < 4.78 is 5.24. The average molecular weight is 401 g/mol. The maximum atomic E-state index is 13.3. The number of ether oxygens (including phenoxy) is 1. The van der Waals surface area contributed by atoms with E-state index in [4.69, 9.17) is 4.74 Å². The van der Waals surface area contributed by atoms with Crippen LogP contribution in [0.4, 0.5) is 5.69 Å². The Balaban J connectivity index is 2.06. The molecule has 3 rings (SSSR count). The van der Waals surface area contributed by atoms with Crippen molar-refractivity contribution in [2.24, 2.45) is 0 Å². The summed E-state index contributed by atoms with van der Waals surface area (Å²) in [5, 5.41) is 10.6. The van der Waals surface area contributed by atoms with Crippen LogP contribution in [0.25, 0.3) is 0 Å². The van der Waals surface area contributed by atoms with Gasteiger partial charge in [0, 0.05) is 18.0 Å². The van der Waals surface area contributed by atoms with Gasteiger partial charge in [0.25, 0.3) is 5.91 Å². The molecule has 0 fully saturated rings. The Hall–Kier alpha value is -2.02. The van der Waals surface area contributed by atoms with Gasteiger partial charge in [0.05, 0.1) is 18.0 Å². The van der Waals surface area contributed by atoms with Gasteiger partial charge in [-0.2, -0.15) is 0 Å². The van der Waals surface area contributed by atoms with Gasteiger partial charge in [-0.25, -0.2) is 0 Å². The van der Waals surface area contributed by atoms with Gasteiger partial charge in [-0.1, -0.05) is 18.2 Å². The highest BCUT2D eigenvalue weighted by atomic mass is 32.2. The summed E-state index contributed by atoms with van der Waals surface area (Å²) in [4.78, 5) is 18.1. The molecule has 1 aliphatic rings. The number of aliphatic hydroxyl groups excluding tert-OH is 1. The van der Waals surface area contributed by atoms with E-state index in [1.165, 1.54) is 0 Å². The Morgan fingerprint density at radius 3 is 2.43 bits per heavy atom. The van der Waals surface area contributed by atoms with E-state index in [9.17, 15) is 9.90 Å². The van der Waals surface area contributed by atoms with Gasteiger partial charge in [-0.3, -0.25) is 4.79 Å². The average Bonchev–Trinajstić information content (AvgIpc) is 2.79. The molecule has 5 nitrogen and oxygen atoms in total. The van der Waals surface area contributed by atoms with E-state index in [1.54, 1.807) is 23.8 Å². The second kappa shape index (κ2) is 8.55. The zero-order chi connectivity index (χ0) is 20.4. The molecule has 2 aromatic carbocycles. The van der Waals surface area contributed by atoms with Crippen molar-refractivity contribution in [3.63, 3.8) is 0 Å². The van der Waals surface area contributed by atoms with E-state index < -0.39 is 6.10 Å². The molecular weight excluding hydrogens is 372 g/mol. The molecule has 0 radical (unpaired) electrons. The Kier molecular flexibility index (Phi) is 6.33. The first-order valence-electron chi connectivity index (χ1n) is 9.38. The number of carbonyl (C=O) groups is 1. The normalized spacial score (nSPS) is 19.5. The predicted octanol–water partition coefficient (Wildman–Crippen LogP) is 3.41. The number of aryl methyl sites for hydroxylation is 1. The number of benzene rings is 2. The molecule has 0 unspecified atom stereocenters. The lowest BCUT2D eigenvalue weighted by Gasteiger charge is -2.28. The quantitative estimate of drug-likeness (QED) is 0.834. The highest BCUT2D eigenvalue weighted by molar-refractivity contribution is 7.99. The van der Waals surface area contributed by atoms with Crippen LogP contribution in [0.3, 0.4) is 0 Å². The van der Waals surface area contributed by atoms with Gasteiger partial charge in [0.1, 0.15) is 11.9 Å². The molecule has 1 aliphatic heterocycles. The van der Waals surface area contributed by atoms with E-state index in [0.29, 0.717) is 6.54 Å². The summed E-state index contributed by atoms with van der Waals surface area (Å²) in [7, 11) is 5.59. The minimum absolute atomic E-state index is 0.248. The number of fused-ring (bicyclic) bond motifs is 1. The third-order valence-corrected chi connectivity index (χ3v) is 6.58. The molecule has 0 saturated carbocycles. The zero-order valence-electron chi connectivity index (χ0n) is 17.1. The Morgan fingerprint density at radius 2 is 1.82 bits per heavy atom. The van der Waals surface area contributed by atoms with E-state index >= 15 is 0 Å². The van der Waals surface area contributed by atoms with E-state index in [-0.39, 0.29) is 11.2 Å². The number of likely N-dealkylation sites (N-methyl/N-ethyl adjacent to an activating group) is 1. The first-order chi connectivity index (χ1) is 13.3. The summed E-state index contributed by atoms with van der Waals surface area (Å²) in [6.07, 6.45) is -1.12. The number of hydrogen-bond acceptors (Lipinski definition) is 5. The highest BCUT2D eigenvalue weighted by Gasteiger charge is 2.38. The van der Waals surface area contributed by atoms with Crippen molar-refractivity contribution in [3.05, 3.63) is 53.1 Å². The van der Waals surface area contributed by atoms with Crippen LogP contribution in [-0.4, -0.2) is 56.3 Å². The number of nitrogens with zero attached hydrogens (tertiary/aromatic N) is 2. The molecule has 2 atom stereocenters. The van der Waals surface area contributed by atoms with E-state index in [1.807, 2.05) is 50.2 Å². The van der Waals surface area contributed by atoms with Crippen LogP contribution >= 0.6 is 11.8 Å². The molecule has 2 aromatic rings. The standard InChI is InChI=1S/C22H28N2O3S/c1-14-6-11-18-19(15(14)2)24(13-12-23(3)4)22(26)20(25)21(28-18)16-7-9-17(27-5)10-8-16/h6-11,20-21,25H,12-13H2,1-5H3/t20-,21+/m0/s1. The van der Waals surface area contributed by atoms with Crippen LogP contribution in [-0.2, 0) is 4.79 Å². The minimum Gasteiger partial charge on any atom is -0.497 e. The Morgan fingerprint density at radius 1 is 1.14 bits per heavy atom. The smallest absolute Gasteiger partial charge is 0.257 e. The number of carbonyl (C=O) groups excluding carboxylic acids is 1. The first kappa shape index (κ1) is 20.7. The van der Waals surface area contributed by atoms with Crippen molar-refractivity contribution in [1.82, 2.24) is 4.90 Å². The molecule has 0 aromatic heterocycles. The topological polar surface area (TPSA) is 53.0 Å². The SMILES string of the molecule is COc1ccc([C@H]2Sc3ccc(C)c(C)c3N(CCN(C)C)C(=O)[C@H]2O)cc1. The van der Waals surface area contributed by atoms with Crippen LogP contribution in [0.15, 0.2) is 41.3 Å². The van der Waals surface area contributed by atoms with Crippen molar-refractivity contribution in [1.29, 1.82) is 0 Å². The molecule has 0 saturated heterocycles. The molecule has 1 heterocycles. The molecule has 0 bridgehead atoms. The van der Waals surface area contributed by atoms with Gasteiger partial charge >= 0.3 is 0 Å². The fraction of sp³-hybridized carbons (Fsp3) is 0.409. The molecule has 150 valence electrons. The summed E-state index contributed by atoms with van der Waals surface area (Å²) in [6.45, 7) is 5.36. The molecule has 6 heteroatoms. The summed E-state index contributed by atoms with van der Waals surface area (Å²) >= 11 is 1.55. The molecule has 0 aliphatic carbocycles. The molecular formula is C22H28N2O3S.